The van der Waals surface area contributed by atoms with Gasteiger partial charge in [0.05, 0.1) is 6.04 Å². The molecule has 0 saturated carbocycles. The second-order valence-electron chi connectivity index (χ2n) is 3.49. The summed E-state index contributed by atoms with van der Waals surface area (Å²) >= 11 is 3.19. The minimum Gasteiger partial charge on any atom is -0.488 e. The van der Waals surface area contributed by atoms with Gasteiger partial charge in [-0.05, 0) is 40.2 Å². The van der Waals surface area contributed by atoms with E-state index in [4.69, 9.17) is 14.9 Å². The molecule has 0 aliphatic heterocycles. The normalized spacial score (nSPS) is 12.4. The largest absolute Gasteiger partial charge is 0.488 e. The molecule has 1 aromatic carbocycles. The minimum absolute atomic E-state index is 0.154. The molecule has 2 N–H and O–H groups in total. The fraction of sp³-hybridized carbons (Fsp3) is 0.167. The summed E-state index contributed by atoms with van der Waals surface area (Å²) < 4.78 is 24.4. The highest BCUT2D eigenvalue weighted by Crippen LogP contribution is 2.21. The highest BCUT2D eigenvalue weighted by Gasteiger charge is 2.12. The Balaban J connectivity index is 1.97. The SMILES string of the molecule is NC(COc1ccccc1F)c1ccc(Br)o1. The van der Waals surface area contributed by atoms with Gasteiger partial charge in [0.15, 0.2) is 16.2 Å². The number of para-hydroxylation sites is 1. The third kappa shape index (κ3) is 3.08. The zero-order chi connectivity index (χ0) is 12.3. The number of nitrogens with two attached hydrogens (primary N) is 1. The lowest BCUT2D eigenvalue weighted by Crippen LogP contribution is -2.18. The van der Waals surface area contributed by atoms with Crippen LogP contribution >= 0.6 is 15.9 Å². The molecule has 1 heterocycles. The van der Waals surface area contributed by atoms with E-state index >= 15 is 0 Å². The van der Waals surface area contributed by atoms with E-state index in [0.717, 1.165) is 0 Å². The number of rotatable bonds is 4. The van der Waals surface area contributed by atoms with Crippen LogP contribution in [0.2, 0.25) is 0 Å². The molecule has 90 valence electrons. The molecule has 0 aliphatic rings. The molecule has 1 atom stereocenters. The number of halogens is 2. The van der Waals surface area contributed by atoms with E-state index in [1.165, 1.54) is 6.07 Å². The third-order valence-corrected chi connectivity index (χ3v) is 2.64. The molecule has 2 rings (SSSR count). The van der Waals surface area contributed by atoms with Gasteiger partial charge in [0.2, 0.25) is 0 Å². The van der Waals surface area contributed by atoms with Crippen molar-refractivity contribution in [1.82, 2.24) is 0 Å². The van der Waals surface area contributed by atoms with Crippen molar-refractivity contribution < 1.29 is 13.5 Å². The summed E-state index contributed by atoms with van der Waals surface area (Å²) in [6.45, 7) is 0.154. The molecule has 2 aromatic rings. The molecular formula is C12H11BrFNO2. The van der Waals surface area contributed by atoms with Gasteiger partial charge in [-0.1, -0.05) is 12.1 Å². The Morgan fingerprint density at radius 2 is 2.06 bits per heavy atom. The highest BCUT2D eigenvalue weighted by molar-refractivity contribution is 9.10. The summed E-state index contributed by atoms with van der Waals surface area (Å²) in [4.78, 5) is 0. The van der Waals surface area contributed by atoms with Gasteiger partial charge in [-0.15, -0.1) is 0 Å². The van der Waals surface area contributed by atoms with Gasteiger partial charge in [-0.2, -0.15) is 0 Å². The van der Waals surface area contributed by atoms with Crippen LogP contribution in [-0.4, -0.2) is 6.61 Å². The van der Waals surface area contributed by atoms with Gasteiger partial charge in [-0.3, -0.25) is 0 Å². The van der Waals surface area contributed by atoms with Gasteiger partial charge in [0, 0.05) is 0 Å². The molecule has 0 fully saturated rings. The van der Waals surface area contributed by atoms with Crippen LogP contribution < -0.4 is 10.5 Å². The Hall–Kier alpha value is -1.33. The van der Waals surface area contributed by atoms with Crippen LogP contribution in [0.3, 0.4) is 0 Å². The molecule has 5 heteroatoms. The van der Waals surface area contributed by atoms with Crippen LogP contribution in [0.5, 0.6) is 5.75 Å². The Labute approximate surface area is 106 Å². The van der Waals surface area contributed by atoms with E-state index in [-0.39, 0.29) is 12.4 Å². The molecule has 0 radical (unpaired) electrons. The van der Waals surface area contributed by atoms with Crippen LogP contribution in [0, 0.1) is 5.82 Å². The van der Waals surface area contributed by atoms with Crippen molar-refractivity contribution in [3.8, 4) is 5.75 Å². The van der Waals surface area contributed by atoms with Crippen molar-refractivity contribution in [2.45, 2.75) is 6.04 Å². The Morgan fingerprint density at radius 3 is 2.71 bits per heavy atom. The van der Waals surface area contributed by atoms with Crippen LogP contribution in [0.15, 0.2) is 45.5 Å². The van der Waals surface area contributed by atoms with E-state index in [9.17, 15) is 4.39 Å². The topological polar surface area (TPSA) is 48.4 Å². The van der Waals surface area contributed by atoms with Crippen LogP contribution in [0.25, 0.3) is 0 Å². The number of furan rings is 1. The predicted octanol–water partition coefficient (Wildman–Crippen LogP) is 3.26. The van der Waals surface area contributed by atoms with E-state index in [1.54, 1.807) is 30.3 Å². The number of hydrogen-bond acceptors (Lipinski definition) is 3. The van der Waals surface area contributed by atoms with Gasteiger partial charge in [-0.25, -0.2) is 4.39 Å². The van der Waals surface area contributed by atoms with Crippen LogP contribution in [0.1, 0.15) is 11.8 Å². The Kier molecular flexibility index (Phi) is 3.81. The molecular weight excluding hydrogens is 289 g/mol. The molecule has 1 unspecified atom stereocenters. The highest BCUT2D eigenvalue weighted by atomic mass is 79.9. The maximum absolute atomic E-state index is 13.2. The van der Waals surface area contributed by atoms with Crippen molar-refractivity contribution in [3.63, 3.8) is 0 Å². The lowest BCUT2D eigenvalue weighted by molar-refractivity contribution is 0.260. The number of hydrogen-bond donors (Lipinski definition) is 1. The zero-order valence-corrected chi connectivity index (χ0v) is 10.5. The summed E-state index contributed by atoms with van der Waals surface area (Å²) in [5.74, 6) is 0.377. The lowest BCUT2D eigenvalue weighted by Gasteiger charge is -2.11. The fourth-order valence-electron chi connectivity index (χ4n) is 1.35. The predicted molar refractivity (Wildman–Crippen MR) is 65.2 cm³/mol. The second-order valence-corrected chi connectivity index (χ2v) is 4.27. The van der Waals surface area contributed by atoms with Gasteiger partial charge < -0.3 is 14.9 Å². The zero-order valence-electron chi connectivity index (χ0n) is 8.90. The summed E-state index contributed by atoms with van der Waals surface area (Å²) in [7, 11) is 0. The maximum Gasteiger partial charge on any atom is 0.169 e. The van der Waals surface area contributed by atoms with Crippen molar-refractivity contribution in [3.05, 3.63) is 52.6 Å². The van der Waals surface area contributed by atoms with Crippen LogP contribution in [0.4, 0.5) is 4.39 Å². The summed E-state index contributed by atoms with van der Waals surface area (Å²) in [6, 6.07) is 9.27. The van der Waals surface area contributed by atoms with E-state index < -0.39 is 11.9 Å². The Bertz CT molecular complexity index is 501. The van der Waals surface area contributed by atoms with Gasteiger partial charge in [0.25, 0.3) is 0 Å². The molecule has 0 aliphatic carbocycles. The standard InChI is InChI=1S/C12H11BrFNO2/c13-12-6-5-11(17-12)9(15)7-16-10-4-2-1-3-8(10)14/h1-6,9H,7,15H2. The van der Waals surface area contributed by atoms with E-state index in [0.29, 0.717) is 10.4 Å². The third-order valence-electron chi connectivity index (χ3n) is 2.21. The van der Waals surface area contributed by atoms with Crippen LogP contribution in [-0.2, 0) is 0 Å². The minimum atomic E-state index is -0.430. The smallest absolute Gasteiger partial charge is 0.169 e. The molecule has 0 bridgehead atoms. The molecule has 0 amide bonds. The first kappa shape index (κ1) is 12.1. The first-order valence-electron chi connectivity index (χ1n) is 5.05. The van der Waals surface area contributed by atoms with Gasteiger partial charge in [0.1, 0.15) is 12.4 Å². The fourth-order valence-corrected chi connectivity index (χ4v) is 1.67. The van der Waals surface area contributed by atoms with Crippen molar-refractivity contribution >= 4 is 15.9 Å². The summed E-state index contributed by atoms with van der Waals surface area (Å²) in [5, 5.41) is 0. The molecule has 0 spiro atoms. The maximum atomic E-state index is 13.2. The molecule has 0 saturated heterocycles. The van der Waals surface area contributed by atoms with E-state index in [2.05, 4.69) is 15.9 Å². The van der Waals surface area contributed by atoms with Gasteiger partial charge >= 0.3 is 0 Å². The van der Waals surface area contributed by atoms with Crippen molar-refractivity contribution in [1.29, 1.82) is 0 Å². The average Bonchev–Trinajstić information content (AvgIpc) is 2.74. The first-order valence-corrected chi connectivity index (χ1v) is 5.84. The molecule has 17 heavy (non-hydrogen) atoms. The first-order chi connectivity index (χ1) is 8.16. The van der Waals surface area contributed by atoms with Crippen molar-refractivity contribution in [2.24, 2.45) is 5.73 Å². The second kappa shape index (κ2) is 5.33. The quantitative estimate of drug-likeness (QED) is 0.943. The number of ether oxygens (including phenoxy) is 1. The molecule has 3 nitrogen and oxygen atoms in total. The Morgan fingerprint density at radius 1 is 1.29 bits per heavy atom. The number of benzene rings is 1. The summed E-state index contributed by atoms with van der Waals surface area (Å²) in [5.41, 5.74) is 5.84. The van der Waals surface area contributed by atoms with E-state index in [1.807, 2.05) is 0 Å². The van der Waals surface area contributed by atoms with Crippen molar-refractivity contribution in [2.75, 3.05) is 6.61 Å². The molecule has 1 aromatic heterocycles. The average molecular weight is 300 g/mol. The lowest BCUT2D eigenvalue weighted by atomic mass is 10.2. The monoisotopic (exact) mass is 299 g/mol. The summed E-state index contributed by atoms with van der Waals surface area (Å²) in [6.07, 6.45) is 0.